The molecule has 12 amide bonds. The van der Waals surface area contributed by atoms with E-state index in [0.717, 1.165) is 62.1 Å². The molecular formula is C77H107ClF6N12O13. The van der Waals surface area contributed by atoms with E-state index in [1.165, 1.54) is 78.9 Å². The van der Waals surface area contributed by atoms with Gasteiger partial charge in [0.2, 0.25) is 70.9 Å². The highest BCUT2D eigenvalue weighted by Gasteiger charge is 2.52. The van der Waals surface area contributed by atoms with E-state index in [0.29, 0.717) is 44.9 Å². The van der Waals surface area contributed by atoms with E-state index in [9.17, 15) is 45.5 Å². The van der Waals surface area contributed by atoms with Crippen molar-refractivity contribution >= 4 is 82.5 Å². The molecule has 3 saturated heterocycles. The van der Waals surface area contributed by atoms with Gasteiger partial charge >= 0.3 is 12.4 Å². The molecule has 3 N–H and O–H groups in total. The summed E-state index contributed by atoms with van der Waals surface area (Å²) in [4.78, 5) is 193. The molecule has 2 aromatic rings. The third-order valence-corrected chi connectivity index (χ3v) is 22.4. The second-order valence-electron chi connectivity index (χ2n) is 30.1. The maximum Gasteiger partial charge on any atom is 0.417 e. The lowest BCUT2D eigenvalue weighted by atomic mass is 9.90. The van der Waals surface area contributed by atoms with Crippen LogP contribution in [0.5, 0.6) is 0 Å². The van der Waals surface area contributed by atoms with Crippen molar-refractivity contribution in [2.24, 2.45) is 17.8 Å². The van der Waals surface area contributed by atoms with E-state index >= 15 is 38.4 Å². The summed E-state index contributed by atoms with van der Waals surface area (Å²) in [6.07, 6.45) is -4.82. The van der Waals surface area contributed by atoms with E-state index in [-0.39, 0.29) is 101 Å². The zero-order valence-electron chi connectivity index (χ0n) is 64.1. The number of carbonyl (C=O) groups excluding carboxylic acids is 12. The molecular weight excluding hydrogens is 1450 g/mol. The zero-order valence-corrected chi connectivity index (χ0v) is 64.9. The van der Waals surface area contributed by atoms with Crippen molar-refractivity contribution in [3.8, 4) is 0 Å². The first-order valence-electron chi connectivity index (χ1n) is 37.5. The zero-order chi connectivity index (χ0) is 80.7. The molecule has 602 valence electrons. The number of carbonyl (C=O) groups is 12. The topological polar surface area (TPSA) is 279 Å². The van der Waals surface area contributed by atoms with Crippen molar-refractivity contribution in [2.75, 3.05) is 94.8 Å². The molecule has 9 atom stereocenters. The van der Waals surface area contributed by atoms with E-state index < -0.39 is 198 Å². The molecule has 32 heteroatoms. The summed E-state index contributed by atoms with van der Waals surface area (Å²) in [5.74, 6) is -10.8. The molecule has 109 heavy (non-hydrogen) atoms. The highest BCUT2D eigenvalue weighted by Crippen LogP contribution is 2.39. The monoisotopic (exact) mass is 1560 g/mol. The number of aryl methyl sites for hydroxylation is 1. The molecule has 2 aromatic carbocycles. The fourth-order valence-electron chi connectivity index (χ4n) is 15.4. The van der Waals surface area contributed by atoms with Gasteiger partial charge in [0.15, 0.2) is 0 Å². The molecule has 2 saturated carbocycles. The Morgan fingerprint density at radius 2 is 1.28 bits per heavy atom. The summed E-state index contributed by atoms with van der Waals surface area (Å²) in [6, 6.07) is -4.72. The number of nitrogens with one attached hydrogen (secondary N) is 3. The Kier molecular flexibility index (Phi) is 30.8. The lowest BCUT2D eigenvalue weighted by Gasteiger charge is -2.42. The van der Waals surface area contributed by atoms with Crippen LogP contribution in [0.15, 0.2) is 67.8 Å². The fraction of sp³-hybridized carbons (Fsp3) is 0.636. The van der Waals surface area contributed by atoms with Crippen LogP contribution >= 0.6 is 11.6 Å². The van der Waals surface area contributed by atoms with Crippen LogP contribution in [0.1, 0.15) is 146 Å². The Morgan fingerprint density at radius 1 is 0.661 bits per heavy atom. The third kappa shape index (κ3) is 21.7. The van der Waals surface area contributed by atoms with Crippen molar-refractivity contribution in [1.82, 2.24) is 60.0 Å². The maximum atomic E-state index is 15.7. The smallest absolute Gasteiger partial charge is 0.378 e. The molecule has 25 nitrogen and oxygen atoms in total. The van der Waals surface area contributed by atoms with Crippen LogP contribution in [-0.4, -0.2) is 264 Å². The van der Waals surface area contributed by atoms with Crippen LogP contribution in [0.2, 0.25) is 5.02 Å². The molecule has 3 heterocycles. The number of fused-ring (bicyclic) bond motifs is 1. The summed E-state index contributed by atoms with van der Waals surface area (Å²) in [7, 11) is 7.98. The average Bonchev–Trinajstić information content (AvgIpc) is 1.71. The first-order valence-corrected chi connectivity index (χ1v) is 37.9. The second kappa shape index (κ2) is 38.4. The van der Waals surface area contributed by atoms with Gasteiger partial charge in [-0.15, -0.1) is 13.2 Å². The van der Waals surface area contributed by atoms with Gasteiger partial charge in [-0.05, 0) is 117 Å². The highest BCUT2D eigenvalue weighted by molar-refractivity contribution is 6.31. The number of hydrogen-bond donors (Lipinski definition) is 3. The molecule has 0 bridgehead atoms. The molecule has 1 spiro atoms. The number of hydrogen-bond acceptors (Lipinski definition) is 13. The van der Waals surface area contributed by atoms with Crippen LogP contribution in [0, 0.1) is 17.8 Å². The van der Waals surface area contributed by atoms with Crippen molar-refractivity contribution in [3.63, 3.8) is 0 Å². The number of ether oxygens (including phenoxy) is 1. The Hall–Kier alpha value is -8.61. The fourth-order valence-corrected chi connectivity index (χ4v) is 15.7. The minimum atomic E-state index is -4.83. The summed E-state index contributed by atoms with van der Waals surface area (Å²) in [5, 5.41) is 7.89. The summed E-state index contributed by atoms with van der Waals surface area (Å²) >= 11 is 6.16. The molecule has 7 rings (SSSR count). The number of halogens is 7. The van der Waals surface area contributed by atoms with Crippen LogP contribution < -0.4 is 16.0 Å². The Labute approximate surface area is 639 Å². The number of amides is 12. The quantitative estimate of drug-likeness (QED) is 0.124. The van der Waals surface area contributed by atoms with Crippen molar-refractivity contribution in [1.29, 1.82) is 0 Å². The predicted octanol–water partition coefficient (Wildman–Crippen LogP) is 6.67. The first-order chi connectivity index (χ1) is 51.3. The second-order valence-corrected chi connectivity index (χ2v) is 30.5. The van der Waals surface area contributed by atoms with Gasteiger partial charge in [0.25, 0.3) is 0 Å². The molecule has 0 aromatic heterocycles. The average molecular weight is 1560 g/mol. The number of alkyl halides is 6. The van der Waals surface area contributed by atoms with Crippen molar-refractivity contribution in [2.45, 2.75) is 203 Å². The lowest BCUT2D eigenvalue weighted by Crippen LogP contribution is -2.65. The number of likely N-dealkylation sites (N-methyl/N-ethyl adjacent to an activating group) is 6. The predicted molar refractivity (Wildman–Crippen MR) is 393 cm³/mol. The van der Waals surface area contributed by atoms with E-state index in [1.54, 1.807) is 13.8 Å². The Bertz CT molecular complexity index is 3640. The van der Waals surface area contributed by atoms with Gasteiger partial charge in [0, 0.05) is 74.9 Å². The van der Waals surface area contributed by atoms with Crippen LogP contribution in [0.3, 0.4) is 0 Å². The van der Waals surface area contributed by atoms with Gasteiger partial charge in [-0.3, -0.25) is 57.5 Å². The SMILES string of the molecule is C=CC[C@H]1C(=O)N(CC=C)[C@@H](Cc2ccc(C(F)(F)F)cc2)C(=O)N(C)CC(=O)N[C@@H](CCc2ccc(C(F)(F)F)c(Cl)c2)C(=O)N2CCC[C@H]2C(=O)NC2(CCCC2)C(=O)N(C)[C@@H](C2CCCC2)C(=O)N(C)[C@H](C(=O)N2CCOCC2)CC(=O)N(C)[C@@H](CC(C)C)C(=O)N[C@@H]([C@@H](C)CC)C(=O)N(C)CC(=O)N1C. The lowest BCUT2D eigenvalue weighted by molar-refractivity contribution is -0.157. The molecule has 5 aliphatic rings. The number of benzene rings is 2. The maximum absolute atomic E-state index is 15.7. The Balaban J connectivity index is 1.35. The Morgan fingerprint density at radius 3 is 1.85 bits per heavy atom. The highest BCUT2D eigenvalue weighted by atomic mass is 35.5. The number of nitrogens with zero attached hydrogens (tertiary/aromatic N) is 9. The summed E-state index contributed by atoms with van der Waals surface area (Å²) < 4.78 is 89.4. The first kappa shape index (κ1) is 87.6. The normalized spacial score (nSPS) is 25.3. The molecule has 3 aliphatic heterocycles. The molecule has 0 radical (unpaired) electrons. The summed E-state index contributed by atoms with van der Waals surface area (Å²) in [5.41, 5.74) is -3.50. The van der Waals surface area contributed by atoms with E-state index in [2.05, 4.69) is 29.1 Å². The molecule has 5 fully saturated rings. The van der Waals surface area contributed by atoms with Crippen LogP contribution in [0.4, 0.5) is 26.3 Å². The van der Waals surface area contributed by atoms with Crippen LogP contribution in [-0.2, 0) is 87.5 Å². The van der Waals surface area contributed by atoms with Gasteiger partial charge in [-0.25, -0.2) is 0 Å². The largest absolute Gasteiger partial charge is 0.417 e. The van der Waals surface area contributed by atoms with Gasteiger partial charge in [0.05, 0.1) is 48.9 Å². The van der Waals surface area contributed by atoms with Crippen molar-refractivity contribution < 1.29 is 88.6 Å². The van der Waals surface area contributed by atoms with E-state index in [1.807, 2.05) is 13.8 Å². The summed E-state index contributed by atoms with van der Waals surface area (Å²) in [6.45, 7) is 13.2. The third-order valence-electron chi connectivity index (χ3n) is 22.0. The van der Waals surface area contributed by atoms with E-state index in [4.69, 9.17) is 16.3 Å². The number of morpholine rings is 1. The van der Waals surface area contributed by atoms with Gasteiger partial charge in [-0.2, -0.15) is 26.3 Å². The van der Waals surface area contributed by atoms with Gasteiger partial charge in [0.1, 0.15) is 53.9 Å². The minimum Gasteiger partial charge on any atom is -0.378 e. The minimum absolute atomic E-state index is 0.0464. The van der Waals surface area contributed by atoms with Crippen molar-refractivity contribution in [3.05, 3.63) is 95.1 Å². The standard InChI is InChI=1S/C77H107ClF6N12O13/c1-13-21-57-71(105)95(35-14-2)60(43-50-25-29-52(30-26-50)76(79,80)81)69(103)88(7)45-61(97)85-55(32-28-49-27-31-53(54(78)42-49)77(82,83)84)68(102)96-36-20-24-56(96)67(101)87-75(33-18-19-34-75)74(108)93(12)65(51-22-16-17-23-51)73(107)92(11)59(70(104)94-37-39-109-40-38-94)44-62(98)91(10)58(41-47(4)5)66(100)86-64(48(6)15-3)72(106)89(8)46-63(99)90(57)9/h13-14,25-27,29-31,42,47-48,51,55-60,64-65H,1-2,15-24,28,32-41,43-46H2,3-12H3,(H,85,97)(H,86,100)(H,87,101)/t48-,55-,56-,57-,58-,59-,60-,64-,65-/m0/s1. The van der Waals surface area contributed by atoms with Gasteiger partial charge < -0.3 is 64.8 Å². The molecule has 0 unspecified atom stereocenters. The van der Waals surface area contributed by atoms with Gasteiger partial charge in [-0.1, -0.05) is 102 Å². The van der Waals surface area contributed by atoms with Crippen LogP contribution in [0.25, 0.3) is 0 Å². The molecule has 2 aliphatic carbocycles. The number of rotatable bonds is 15.